The SMILES string of the molecule is CCC[Si](C)=[Zr+2].[Cl-].[Cl-].c1cc(-c2ccc(C34CC5CC(CC(C5)C3)C4)cc2)c2cc(CC3CCCC3)[cH-]c2c1.c1cc(-c2ccc(C34CC5CC(CC(C5)C3)C4)cc2)c2cc(CC3CCCC3)[cH-]c2c1. The minimum absolute atomic E-state index is 0. The first-order valence-electron chi connectivity index (χ1n) is 28.4. The second-order valence-electron chi connectivity index (χ2n) is 25.1. The van der Waals surface area contributed by atoms with Crippen LogP contribution in [0.25, 0.3) is 43.8 Å². The Morgan fingerprint density at radius 3 is 1.14 bits per heavy atom. The van der Waals surface area contributed by atoms with Gasteiger partial charge < -0.3 is 24.8 Å². The normalized spacial score (nSPS) is 29.4. The third-order valence-electron chi connectivity index (χ3n) is 19.9. The van der Waals surface area contributed by atoms with E-state index in [9.17, 15) is 0 Å². The van der Waals surface area contributed by atoms with Crippen LogP contribution in [0.15, 0.2) is 109 Å². The van der Waals surface area contributed by atoms with E-state index >= 15 is 0 Å². The van der Waals surface area contributed by atoms with Crippen molar-refractivity contribution < 1.29 is 48.1 Å². The molecule has 0 atom stereocenters. The Bertz CT molecular complexity index is 2450. The number of halogens is 2. The number of benzene rings is 4. The molecule has 0 nitrogen and oxygen atoms in total. The first-order valence-corrected chi connectivity index (χ1v) is 34.3. The Hall–Kier alpha value is -2.22. The molecule has 10 fully saturated rings. The predicted octanol–water partition coefficient (Wildman–Crippen LogP) is 12.4. The van der Waals surface area contributed by atoms with Crippen molar-refractivity contribution in [3.8, 4) is 22.3 Å². The Morgan fingerprint density at radius 1 is 0.500 bits per heavy atom. The number of fused-ring (bicyclic) bond motifs is 2. The van der Waals surface area contributed by atoms with E-state index in [0.29, 0.717) is 10.8 Å². The Morgan fingerprint density at radius 2 is 0.843 bits per heavy atom. The molecule has 0 spiro atoms. The maximum atomic E-state index is 2.50. The van der Waals surface area contributed by atoms with Crippen molar-refractivity contribution in [2.75, 3.05) is 0 Å². The van der Waals surface area contributed by atoms with Gasteiger partial charge in [-0.25, -0.2) is 0 Å². The van der Waals surface area contributed by atoms with Gasteiger partial charge in [-0.3, -0.25) is 0 Å². The molecule has 8 bridgehead atoms. The monoisotopic (exact) mass is 1060 g/mol. The Kier molecular flexibility index (Phi) is 16.1. The molecule has 10 aliphatic rings. The van der Waals surface area contributed by atoms with Crippen molar-refractivity contribution in [2.24, 2.45) is 47.3 Å². The van der Waals surface area contributed by atoms with E-state index < -0.39 is 0 Å². The third kappa shape index (κ3) is 10.7. The average Bonchev–Trinajstić information content (AvgIpc) is 4.18. The maximum absolute atomic E-state index is 2.50. The summed E-state index contributed by atoms with van der Waals surface area (Å²) in [5, 5.41) is 5.77. The first-order chi connectivity index (χ1) is 33.2. The summed E-state index contributed by atoms with van der Waals surface area (Å²) >= 11 is 1.79. The van der Waals surface area contributed by atoms with E-state index in [-0.39, 0.29) is 30.2 Å². The molecule has 0 unspecified atom stereocenters. The van der Waals surface area contributed by atoms with Gasteiger partial charge in [-0.05, 0) is 170 Å². The van der Waals surface area contributed by atoms with Crippen LogP contribution in [0.3, 0.4) is 0 Å². The van der Waals surface area contributed by atoms with Crippen LogP contribution in [-0.2, 0) is 47.0 Å². The third-order valence-corrected chi connectivity index (χ3v) is 23.0. The molecule has 6 aromatic rings. The van der Waals surface area contributed by atoms with Gasteiger partial charge in [0, 0.05) is 0 Å². The van der Waals surface area contributed by atoms with E-state index in [1.165, 1.54) is 198 Å². The van der Waals surface area contributed by atoms with Crippen LogP contribution in [-0.4, -0.2) is 5.43 Å². The van der Waals surface area contributed by atoms with Crippen molar-refractivity contribution in [1.82, 2.24) is 0 Å². The molecule has 0 heterocycles. The zero-order chi connectivity index (χ0) is 45.8. The van der Waals surface area contributed by atoms with Gasteiger partial charge in [0.2, 0.25) is 0 Å². The molecule has 6 aromatic carbocycles. The number of hydrogen-bond donors (Lipinski definition) is 0. The van der Waals surface area contributed by atoms with Crippen LogP contribution < -0.4 is 24.8 Å². The molecule has 10 aliphatic carbocycles. The summed E-state index contributed by atoms with van der Waals surface area (Å²) in [6.07, 6.45) is 33.3. The van der Waals surface area contributed by atoms with Crippen molar-refractivity contribution >= 4 is 27.0 Å². The van der Waals surface area contributed by atoms with Crippen LogP contribution in [0.1, 0.15) is 164 Å². The summed E-state index contributed by atoms with van der Waals surface area (Å²) in [5.74, 6) is 7.93. The van der Waals surface area contributed by atoms with Gasteiger partial charge in [-0.1, -0.05) is 123 Å². The zero-order valence-corrected chi connectivity index (χ0v) is 47.7. The fraction of sp³-hybridized carbons (Fsp3) is 0.545. The number of rotatable bonds is 10. The van der Waals surface area contributed by atoms with Crippen LogP contribution in [0.4, 0.5) is 0 Å². The summed E-state index contributed by atoms with van der Waals surface area (Å²) in [5.41, 5.74) is 13.3. The van der Waals surface area contributed by atoms with Crippen molar-refractivity contribution in [3.63, 3.8) is 0 Å². The van der Waals surface area contributed by atoms with Crippen molar-refractivity contribution in [1.29, 1.82) is 0 Å². The molecule has 368 valence electrons. The summed E-state index contributed by atoms with van der Waals surface area (Å²) < 4.78 is 0. The molecule has 0 amide bonds. The van der Waals surface area contributed by atoms with Gasteiger partial charge >= 0.3 is 54.7 Å². The molecule has 70 heavy (non-hydrogen) atoms. The first kappa shape index (κ1) is 51.3. The molecular formula is C66H80Cl2SiZr-2. The number of hydrogen-bond acceptors (Lipinski definition) is 0. The average molecular weight is 1060 g/mol. The van der Waals surface area contributed by atoms with E-state index in [4.69, 9.17) is 0 Å². The van der Waals surface area contributed by atoms with E-state index in [0.717, 1.165) is 47.3 Å². The van der Waals surface area contributed by atoms with Gasteiger partial charge in [0.1, 0.15) is 0 Å². The summed E-state index contributed by atoms with van der Waals surface area (Å²) in [6, 6.07) is 45.0. The van der Waals surface area contributed by atoms with Gasteiger partial charge in [0.05, 0.1) is 0 Å². The van der Waals surface area contributed by atoms with Gasteiger partial charge in [0.15, 0.2) is 0 Å². The van der Waals surface area contributed by atoms with Gasteiger partial charge in [-0.2, -0.15) is 12.1 Å². The predicted molar refractivity (Wildman–Crippen MR) is 288 cm³/mol. The topological polar surface area (TPSA) is 0 Å². The van der Waals surface area contributed by atoms with Gasteiger partial charge in [0.25, 0.3) is 0 Å². The Labute approximate surface area is 450 Å². The summed E-state index contributed by atoms with van der Waals surface area (Å²) in [7, 11) is 0. The van der Waals surface area contributed by atoms with Crippen LogP contribution in [0, 0.1) is 47.3 Å². The van der Waals surface area contributed by atoms with E-state index in [2.05, 4.69) is 123 Å². The summed E-state index contributed by atoms with van der Waals surface area (Å²) in [6.45, 7) is 4.66. The molecule has 16 rings (SSSR count). The fourth-order valence-corrected chi connectivity index (χ4v) is 20.3. The molecule has 0 N–H and O–H groups in total. The standard InChI is InChI=1S/2C31H35.C4H10Si.2ClH.Zr/c2*1-2-5-21(4-1)12-22-16-27-6-3-7-29(30(27)17-22)26-8-10-28(11-9-26)31-18-23-13-24(19-31)15-25(14-23)20-31;1-3-4-5-2;;;/h2*3,6-11,16-17,21,23-25H,1-2,4-5,12-15,18-20H2;3-4H2,1-2H3;2*1H;/q2*-1;;;;+2/p-2. The second kappa shape index (κ2) is 21.9. The molecule has 0 aliphatic heterocycles. The minimum atomic E-state index is 0. The molecular weight excluding hydrogens is 983 g/mol. The van der Waals surface area contributed by atoms with Gasteiger partial charge in [-0.15, -0.1) is 69.1 Å². The maximum Gasteiger partial charge on any atom is -0.00391 e. The molecule has 0 aromatic heterocycles. The molecule has 10 saturated carbocycles. The minimum Gasteiger partial charge on any atom is -1.00 e. The van der Waals surface area contributed by atoms with Crippen molar-refractivity contribution in [2.45, 2.75) is 178 Å². The van der Waals surface area contributed by atoms with E-state index in [1.54, 1.807) is 45.6 Å². The fourth-order valence-electron chi connectivity index (χ4n) is 17.7. The largest absolute Gasteiger partial charge is 1.00 e. The Balaban J connectivity index is 0.000000142. The molecule has 0 radical (unpaired) electrons. The van der Waals surface area contributed by atoms with Crippen LogP contribution in [0.2, 0.25) is 12.6 Å². The molecule has 4 heteroatoms. The quantitative estimate of drug-likeness (QED) is 0.0947. The van der Waals surface area contributed by atoms with Crippen LogP contribution >= 0.6 is 0 Å². The van der Waals surface area contributed by atoms with Crippen molar-refractivity contribution in [3.05, 3.63) is 131 Å². The van der Waals surface area contributed by atoms with E-state index in [1.807, 2.05) is 0 Å². The second-order valence-corrected chi connectivity index (χ2v) is 33.5. The zero-order valence-electron chi connectivity index (χ0n) is 42.7. The summed E-state index contributed by atoms with van der Waals surface area (Å²) in [4.78, 5) is 0. The smallest absolute Gasteiger partial charge is 0.00391 e. The van der Waals surface area contributed by atoms with Crippen LogP contribution in [0.5, 0.6) is 0 Å². The molecule has 0 saturated heterocycles.